The second kappa shape index (κ2) is 9.18. The summed E-state index contributed by atoms with van der Waals surface area (Å²) in [5.41, 5.74) is 11.0. The van der Waals surface area contributed by atoms with Crippen molar-refractivity contribution < 1.29 is 4.74 Å². The number of azide groups is 1. The van der Waals surface area contributed by atoms with Crippen molar-refractivity contribution in [1.82, 2.24) is 19.7 Å². The largest absolute Gasteiger partial charge is 0.474 e. The van der Waals surface area contributed by atoms with E-state index in [1.54, 1.807) is 6.20 Å². The fourth-order valence-corrected chi connectivity index (χ4v) is 5.07. The third-order valence-electron chi connectivity index (χ3n) is 6.39. The van der Waals surface area contributed by atoms with Gasteiger partial charge in [0.2, 0.25) is 5.88 Å². The Labute approximate surface area is 191 Å². The minimum Gasteiger partial charge on any atom is -0.474 e. The molecule has 1 fully saturated rings. The molecule has 2 aliphatic rings. The summed E-state index contributed by atoms with van der Waals surface area (Å²) in [7, 11) is 0. The lowest BCUT2D eigenvalue weighted by molar-refractivity contribution is 0.139. The van der Waals surface area contributed by atoms with Crippen molar-refractivity contribution in [1.29, 1.82) is 0 Å². The highest BCUT2D eigenvalue weighted by molar-refractivity contribution is 6.30. The van der Waals surface area contributed by atoms with Gasteiger partial charge in [-0.2, -0.15) is 0 Å². The van der Waals surface area contributed by atoms with Gasteiger partial charge in [-0.15, -0.1) is 10.2 Å². The molecular weight excluding hydrogens is 426 g/mol. The first kappa shape index (κ1) is 20.8. The van der Waals surface area contributed by atoms with Crippen molar-refractivity contribution in [3.8, 4) is 11.6 Å². The van der Waals surface area contributed by atoms with Crippen LogP contribution in [-0.4, -0.2) is 32.4 Å². The SMILES string of the molecule is [N-]=[N+]=NCC1Cc2cc(Cl)ccc2-n2c(nnc2C2CCC(Oc3ccccn3)CC2)C1. The van der Waals surface area contributed by atoms with Crippen LogP contribution in [0, 0.1) is 5.92 Å². The van der Waals surface area contributed by atoms with E-state index in [1.165, 1.54) is 0 Å². The summed E-state index contributed by atoms with van der Waals surface area (Å²) < 4.78 is 8.28. The van der Waals surface area contributed by atoms with E-state index >= 15 is 0 Å². The van der Waals surface area contributed by atoms with Gasteiger partial charge in [-0.25, -0.2) is 4.98 Å². The highest BCUT2D eigenvalue weighted by Gasteiger charge is 2.31. The average Bonchev–Trinajstić information content (AvgIpc) is 3.15. The van der Waals surface area contributed by atoms with Gasteiger partial charge in [-0.05, 0) is 73.4 Å². The highest BCUT2D eigenvalue weighted by atomic mass is 35.5. The fraction of sp³-hybridized carbons (Fsp3) is 0.435. The first-order valence-corrected chi connectivity index (χ1v) is 11.4. The smallest absolute Gasteiger partial charge is 0.213 e. The molecule has 5 rings (SSSR count). The second-order valence-electron chi connectivity index (χ2n) is 8.53. The molecule has 1 atom stereocenters. The number of aromatic nitrogens is 4. The molecule has 1 saturated carbocycles. The number of hydrogen-bond donors (Lipinski definition) is 0. The van der Waals surface area contributed by atoms with Crippen molar-refractivity contribution in [2.45, 2.75) is 50.5 Å². The fourth-order valence-electron chi connectivity index (χ4n) is 4.87. The van der Waals surface area contributed by atoms with E-state index in [1.807, 2.05) is 30.3 Å². The van der Waals surface area contributed by atoms with Crippen LogP contribution in [0.4, 0.5) is 0 Å². The van der Waals surface area contributed by atoms with Crippen LogP contribution >= 0.6 is 11.6 Å². The Morgan fingerprint density at radius 1 is 1.12 bits per heavy atom. The highest BCUT2D eigenvalue weighted by Crippen LogP contribution is 2.37. The van der Waals surface area contributed by atoms with Gasteiger partial charge in [0.1, 0.15) is 17.8 Å². The number of rotatable bonds is 5. The zero-order chi connectivity index (χ0) is 21.9. The number of hydrogen-bond acceptors (Lipinski definition) is 5. The van der Waals surface area contributed by atoms with Crippen LogP contribution in [0.2, 0.25) is 5.02 Å². The van der Waals surface area contributed by atoms with E-state index in [-0.39, 0.29) is 12.0 Å². The van der Waals surface area contributed by atoms with Crippen LogP contribution in [-0.2, 0) is 12.8 Å². The van der Waals surface area contributed by atoms with E-state index in [9.17, 15) is 0 Å². The first-order chi connectivity index (χ1) is 15.7. The van der Waals surface area contributed by atoms with Crippen LogP contribution in [0.3, 0.4) is 0 Å². The quantitative estimate of drug-likeness (QED) is 0.293. The molecule has 3 heterocycles. The molecular formula is C23H24ClN7O. The average molecular weight is 450 g/mol. The maximum atomic E-state index is 8.78. The molecule has 0 amide bonds. The zero-order valence-corrected chi connectivity index (χ0v) is 18.4. The predicted octanol–water partition coefficient (Wildman–Crippen LogP) is 5.45. The van der Waals surface area contributed by atoms with E-state index in [2.05, 4.69) is 35.8 Å². The van der Waals surface area contributed by atoms with Crippen LogP contribution < -0.4 is 4.74 Å². The lowest BCUT2D eigenvalue weighted by Gasteiger charge is -2.28. The van der Waals surface area contributed by atoms with E-state index < -0.39 is 0 Å². The van der Waals surface area contributed by atoms with Crippen LogP contribution in [0.15, 0.2) is 47.7 Å². The Morgan fingerprint density at radius 3 is 2.78 bits per heavy atom. The molecule has 9 heteroatoms. The number of fused-ring (bicyclic) bond motifs is 3. The normalized spacial score (nSPS) is 22.2. The Balaban J connectivity index is 1.39. The molecule has 2 aromatic heterocycles. The van der Waals surface area contributed by atoms with Gasteiger partial charge < -0.3 is 4.74 Å². The molecule has 3 aromatic rings. The summed E-state index contributed by atoms with van der Waals surface area (Å²) >= 11 is 6.31. The van der Waals surface area contributed by atoms with Gasteiger partial charge in [0.15, 0.2) is 0 Å². The van der Waals surface area contributed by atoms with Gasteiger partial charge in [0.05, 0.1) is 5.69 Å². The molecule has 0 radical (unpaired) electrons. The van der Waals surface area contributed by atoms with Crippen LogP contribution in [0.1, 0.15) is 48.8 Å². The van der Waals surface area contributed by atoms with Gasteiger partial charge in [-0.1, -0.05) is 22.8 Å². The van der Waals surface area contributed by atoms with Gasteiger partial charge in [-0.3, -0.25) is 4.57 Å². The predicted molar refractivity (Wildman–Crippen MR) is 121 cm³/mol. The van der Waals surface area contributed by atoms with Crippen LogP contribution in [0.25, 0.3) is 16.1 Å². The molecule has 164 valence electrons. The minimum atomic E-state index is 0.170. The Hall–Kier alpha value is -3.09. The second-order valence-corrected chi connectivity index (χ2v) is 8.97. The van der Waals surface area contributed by atoms with Crippen molar-refractivity contribution >= 4 is 11.6 Å². The molecule has 0 N–H and O–H groups in total. The lowest BCUT2D eigenvalue weighted by Crippen LogP contribution is -2.25. The standard InChI is InChI=1S/C23H24ClN7O/c24-18-6-9-20-17(13-18)11-15(14-27-30-25)12-21-28-29-23(31(20)21)16-4-7-19(8-5-16)32-22-3-1-2-10-26-22/h1-3,6,9-10,13,15-16,19H,4-5,7-8,11-12,14H2. The number of nitrogens with zero attached hydrogens (tertiary/aromatic N) is 7. The van der Waals surface area contributed by atoms with Crippen molar-refractivity contribution in [2.75, 3.05) is 6.54 Å². The third kappa shape index (κ3) is 4.29. The molecule has 0 bridgehead atoms. The molecule has 1 unspecified atom stereocenters. The first-order valence-electron chi connectivity index (χ1n) is 11.0. The molecule has 32 heavy (non-hydrogen) atoms. The van der Waals surface area contributed by atoms with Crippen molar-refractivity contribution in [3.63, 3.8) is 0 Å². The number of pyridine rings is 1. The lowest BCUT2D eigenvalue weighted by atomic mass is 9.86. The van der Waals surface area contributed by atoms with Crippen molar-refractivity contribution in [2.24, 2.45) is 11.0 Å². The van der Waals surface area contributed by atoms with Crippen molar-refractivity contribution in [3.05, 3.63) is 75.3 Å². The Kier molecular flexibility index (Phi) is 5.97. The van der Waals surface area contributed by atoms with Gasteiger partial charge in [0.25, 0.3) is 0 Å². The minimum absolute atomic E-state index is 0.170. The molecule has 0 spiro atoms. The van der Waals surface area contributed by atoms with Gasteiger partial charge >= 0.3 is 0 Å². The molecule has 1 aromatic carbocycles. The van der Waals surface area contributed by atoms with E-state index in [4.69, 9.17) is 21.9 Å². The third-order valence-corrected chi connectivity index (χ3v) is 6.62. The number of ether oxygens (including phenoxy) is 1. The van der Waals surface area contributed by atoms with E-state index in [0.29, 0.717) is 23.4 Å². The summed E-state index contributed by atoms with van der Waals surface area (Å²) in [5, 5.41) is 13.7. The zero-order valence-electron chi connectivity index (χ0n) is 17.6. The summed E-state index contributed by atoms with van der Waals surface area (Å²) in [5.74, 6) is 3.10. The molecule has 8 nitrogen and oxygen atoms in total. The summed E-state index contributed by atoms with van der Waals surface area (Å²) in [4.78, 5) is 7.23. The molecule has 1 aliphatic heterocycles. The maximum Gasteiger partial charge on any atom is 0.213 e. The summed E-state index contributed by atoms with van der Waals surface area (Å²) in [6.45, 7) is 0.431. The van der Waals surface area contributed by atoms with Crippen LogP contribution in [0.5, 0.6) is 5.88 Å². The maximum absolute atomic E-state index is 8.78. The van der Waals surface area contributed by atoms with E-state index in [0.717, 1.165) is 61.4 Å². The summed E-state index contributed by atoms with van der Waals surface area (Å²) in [6.07, 6.45) is 7.32. The molecule has 0 saturated heterocycles. The summed E-state index contributed by atoms with van der Waals surface area (Å²) in [6, 6.07) is 11.7. The number of halogens is 1. The van der Waals surface area contributed by atoms with Gasteiger partial charge in [0, 0.05) is 41.1 Å². The monoisotopic (exact) mass is 449 g/mol. The Bertz CT molecular complexity index is 1130. The molecule has 1 aliphatic carbocycles. The number of benzene rings is 1. The topological polar surface area (TPSA) is 102 Å². The Morgan fingerprint density at radius 2 is 2.00 bits per heavy atom.